The molecule has 2 atom stereocenters. The number of rotatable bonds is 6. The molecule has 0 aromatic carbocycles. The fourth-order valence-corrected chi connectivity index (χ4v) is 1.90. The van der Waals surface area contributed by atoms with E-state index >= 15 is 0 Å². The number of methoxy groups -OCH3 is 1. The lowest BCUT2D eigenvalue weighted by atomic mass is 9.99. The molecular formula is C12H25ClN2O2. The Labute approximate surface area is 110 Å². The second-order valence-electron chi connectivity index (χ2n) is 5.13. The van der Waals surface area contributed by atoms with Gasteiger partial charge in [-0.3, -0.25) is 4.79 Å². The highest BCUT2D eigenvalue weighted by atomic mass is 35.5. The fourth-order valence-electron chi connectivity index (χ4n) is 1.90. The Morgan fingerprint density at radius 3 is 2.41 bits per heavy atom. The minimum absolute atomic E-state index is 0. The van der Waals surface area contributed by atoms with Crippen LogP contribution >= 0.6 is 12.4 Å². The number of nitrogens with two attached hydrogens (primary N) is 1. The van der Waals surface area contributed by atoms with Gasteiger partial charge < -0.3 is 15.4 Å². The summed E-state index contributed by atoms with van der Waals surface area (Å²) in [5, 5.41) is 0. The van der Waals surface area contributed by atoms with E-state index in [9.17, 15) is 4.79 Å². The molecular weight excluding hydrogens is 240 g/mol. The molecule has 1 fully saturated rings. The van der Waals surface area contributed by atoms with Gasteiger partial charge in [-0.15, -0.1) is 12.4 Å². The van der Waals surface area contributed by atoms with Crippen molar-refractivity contribution in [2.45, 2.75) is 45.3 Å². The van der Waals surface area contributed by atoms with E-state index in [1.807, 2.05) is 11.9 Å². The van der Waals surface area contributed by atoms with Gasteiger partial charge >= 0.3 is 0 Å². The van der Waals surface area contributed by atoms with Crippen molar-refractivity contribution < 1.29 is 9.53 Å². The highest BCUT2D eigenvalue weighted by molar-refractivity contribution is 5.85. The number of carbonyl (C=O) groups excluding carboxylic acids is 1. The van der Waals surface area contributed by atoms with Gasteiger partial charge in [-0.1, -0.05) is 6.92 Å². The maximum atomic E-state index is 12.0. The van der Waals surface area contributed by atoms with E-state index in [1.165, 1.54) is 12.8 Å². The van der Waals surface area contributed by atoms with Gasteiger partial charge in [-0.2, -0.15) is 0 Å². The second-order valence-corrected chi connectivity index (χ2v) is 5.13. The smallest absolute Gasteiger partial charge is 0.225 e. The molecule has 1 rings (SSSR count). The third-order valence-electron chi connectivity index (χ3n) is 4.02. The fraction of sp³-hybridized carbons (Fsp3) is 0.917. The maximum Gasteiger partial charge on any atom is 0.225 e. The molecule has 0 radical (unpaired) electrons. The Bertz CT molecular complexity index is 253. The molecule has 5 heteroatoms. The SMILES string of the molecule is COC(CN)CC(=O)N(C)C(C)C1(C)CC1.Cl. The van der Waals surface area contributed by atoms with E-state index in [0.29, 0.717) is 24.4 Å². The summed E-state index contributed by atoms with van der Waals surface area (Å²) in [6, 6.07) is 0.301. The van der Waals surface area contributed by atoms with Gasteiger partial charge in [-0.05, 0) is 25.2 Å². The van der Waals surface area contributed by atoms with Crippen LogP contribution < -0.4 is 5.73 Å². The van der Waals surface area contributed by atoms with Crippen LogP contribution in [0.25, 0.3) is 0 Å². The van der Waals surface area contributed by atoms with Crippen LogP contribution in [-0.4, -0.2) is 43.7 Å². The van der Waals surface area contributed by atoms with Crippen LogP contribution in [0, 0.1) is 5.41 Å². The third-order valence-corrected chi connectivity index (χ3v) is 4.02. The Balaban J connectivity index is 0.00000256. The van der Waals surface area contributed by atoms with Crippen molar-refractivity contribution >= 4 is 18.3 Å². The van der Waals surface area contributed by atoms with E-state index in [2.05, 4.69) is 13.8 Å². The molecule has 17 heavy (non-hydrogen) atoms. The molecule has 2 unspecified atom stereocenters. The van der Waals surface area contributed by atoms with Crippen molar-refractivity contribution in [2.75, 3.05) is 20.7 Å². The summed E-state index contributed by atoms with van der Waals surface area (Å²) < 4.78 is 5.13. The van der Waals surface area contributed by atoms with Crippen LogP contribution in [0.15, 0.2) is 0 Å². The highest BCUT2D eigenvalue weighted by Crippen LogP contribution is 2.49. The lowest BCUT2D eigenvalue weighted by molar-refractivity contribution is -0.135. The molecule has 0 bridgehead atoms. The lowest BCUT2D eigenvalue weighted by Gasteiger charge is -2.31. The number of amides is 1. The average molecular weight is 265 g/mol. The molecule has 0 spiro atoms. The molecule has 0 saturated heterocycles. The van der Waals surface area contributed by atoms with Crippen molar-refractivity contribution in [3.8, 4) is 0 Å². The minimum atomic E-state index is -0.158. The normalized spacial score (nSPS) is 20.1. The Morgan fingerprint density at radius 1 is 1.53 bits per heavy atom. The summed E-state index contributed by atoms with van der Waals surface area (Å²) >= 11 is 0. The molecule has 4 nitrogen and oxygen atoms in total. The van der Waals surface area contributed by atoms with E-state index in [4.69, 9.17) is 10.5 Å². The highest BCUT2D eigenvalue weighted by Gasteiger charge is 2.45. The first-order valence-electron chi connectivity index (χ1n) is 5.93. The standard InChI is InChI=1S/C12H24N2O2.ClH/c1-9(12(2)5-6-12)14(3)11(15)7-10(8-13)16-4;/h9-10H,5-8,13H2,1-4H3;1H. The van der Waals surface area contributed by atoms with Crippen molar-refractivity contribution in [3.05, 3.63) is 0 Å². The summed E-state index contributed by atoms with van der Waals surface area (Å²) in [6.07, 6.45) is 2.66. The van der Waals surface area contributed by atoms with Crippen LogP contribution in [0.4, 0.5) is 0 Å². The topological polar surface area (TPSA) is 55.6 Å². The summed E-state index contributed by atoms with van der Waals surface area (Å²) in [5.74, 6) is 0.123. The molecule has 1 aliphatic carbocycles. The first kappa shape index (κ1) is 16.7. The number of nitrogens with zero attached hydrogens (tertiary/aromatic N) is 1. The Morgan fingerprint density at radius 2 is 2.06 bits per heavy atom. The number of hydrogen-bond donors (Lipinski definition) is 1. The number of halogens is 1. The zero-order valence-corrected chi connectivity index (χ0v) is 12.0. The first-order valence-corrected chi connectivity index (χ1v) is 5.93. The summed E-state index contributed by atoms with van der Waals surface area (Å²) in [4.78, 5) is 13.8. The van der Waals surface area contributed by atoms with Crippen LogP contribution in [0.5, 0.6) is 0 Å². The van der Waals surface area contributed by atoms with Gasteiger partial charge in [0.05, 0.1) is 12.5 Å². The van der Waals surface area contributed by atoms with E-state index in [-0.39, 0.29) is 24.4 Å². The quantitative estimate of drug-likeness (QED) is 0.789. The van der Waals surface area contributed by atoms with Gasteiger partial charge in [0.1, 0.15) is 0 Å². The first-order chi connectivity index (χ1) is 7.44. The van der Waals surface area contributed by atoms with Gasteiger partial charge in [-0.25, -0.2) is 0 Å². The van der Waals surface area contributed by atoms with Crippen molar-refractivity contribution in [1.29, 1.82) is 0 Å². The molecule has 2 N–H and O–H groups in total. The van der Waals surface area contributed by atoms with Crippen molar-refractivity contribution in [2.24, 2.45) is 11.1 Å². The van der Waals surface area contributed by atoms with Gasteiger partial charge in [0, 0.05) is 26.7 Å². The number of hydrogen-bond acceptors (Lipinski definition) is 3. The van der Waals surface area contributed by atoms with E-state index in [1.54, 1.807) is 7.11 Å². The van der Waals surface area contributed by atoms with Crippen LogP contribution in [0.3, 0.4) is 0 Å². The zero-order valence-electron chi connectivity index (χ0n) is 11.2. The van der Waals surface area contributed by atoms with E-state index < -0.39 is 0 Å². The van der Waals surface area contributed by atoms with Crippen molar-refractivity contribution in [3.63, 3.8) is 0 Å². The molecule has 0 aromatic rings. The average Bonchev–Trinajstić information content (AvgIpc) is 3.03. The molecule has 0 aliphatic heterocycles. The summed E-state index contributed by atoms with van der Waals surface area (Å²) in [5.41, 5.74) is 5.84. The predicted molar refractivity (Wildman–Crippen MR) is 71.3 cm³/mol. The Kier molecular flexibility index (Phi) is 6.45. The molecule has 102 valence electrons. The monoisotopic (exact) mass is 264 g/mol. The molecule has 0 heterocycles. The van der Waals surface area contributed by atoms with E-state index in [0.717, 1.165) is 0 Å². The molecule has 1 saturated carbocycles. The third kappa shape index (κ3) is 4.12. The Hall–Kier alpha value is -0.320. The molecule has 1 amide bonds. The molecule has 0 aromatic heterocycles. The van der Waals surface area contributed by atoms with Crippen LogP contribution in [0.1, 0.15) is 33.1 Å². The van der Waals surface area contributed by atoms with Gasteiger partial charge in [0.2, 0.25) is 5.91 Å². The minimum Gasteiger partial charge on any atom is -0.380 e. The number of carbonyl (C=O) groups is 1. The molecule has 1 aliphatic rings. The zero-order chi connectivity index (χ0) is 12.3. The van der Waals surface area contributed by atoms with Crippen LogP contribution in [-0.2, 0) is 9.53 Å². The van der Waals surface area contributed by atoms with Gasteiger partial charge in [0.25, 0.3) is 0 Å². The number of ether oxygens (including phenoxy) is 1. The lowest BCUT2D eigenvalue weighted by Crippen LogP contribution is -2.42. The van der Waals surface area contributed by atoms with Crippen LogP contribution in [0.2, 0.25) is 0 Å². The van der Waals surface area contributed by atoms with Gasteiger partial charge in [0.15, 0.2) is 0 Å². The second kappa shape index (κ2) is 6.57. The largest absolute Gasteiger partial charge is 0.380 e. The summed E-state index contributed by atoms with van der Waals surface area (Å²) in [6.45, 7) is 4.75. The maximum absolute atomic E-state index is 12.0. The van der Waals surface area contributed by atoms with Crippen molar-refractivity contribution in [1.82, 2.24) is 4.90 Å². The summed E-state index contributed by atoms with van der Waals surface area (Å²) in [7, 11) is 3.47. The predicted octanol–water partition coefficient (Wildman–Crippen LogP) is 1.42.